The lowest BCUT2D eigenvalue weighted by Gasteiger charge is -2.05. The van der Waals surface area contributed by atoms with Crippen molar-refractivity contribution in [3.8, 4) is 0 Å². The molecule has 0 fully saturated rings. The van der Waals surface area contributed by atoms with Crippen LogP contribution in [0.5, 0.6) is 0 Å². The summed E-state index contributed by atoms with van der Waals surface area (Å²) in [6.07, 6.45) is 1.48. The molecule has 1 aromatic heterocycles. The second-order valence-electron chi connectivity index (χ2n) is 4.82. The van der Waals surface area contributed by atoms with Crippen LogP contribution < -0.4 is 0 Å². The molecule has 0 saturated heterocycles. The fourth-order valence-electron chi connectivity index (χ4n) is 2.33. The largest absolute Gasteiger partial charge is 0.463 e. The van der Waals surface area contributed by atoms with Gasteiger partial charge in [0.05, 0.1) is 6.61 Å². The molecule has 0 spiro atoms. The molecule has 0 radical (unpaired) electrons. The summed E-state index contributed by atoms with van der Waals surface area (Å²) in [6.45, 7) is 2.13. The number of hydrogen-bond acceptors (Lipinski definition) is 3. The van der Waals surface area contributed by atoms with Crippen molar-refractivity contribution < 1.29 is 13.9 Å². The Hall–Kier alpha value is -2.81. The van der Waals surface area contributed by atoms with Gasteiger partial charge < -0.3 is 9.15 Å². The first-order chi connectivity index (χ1) is 10.8. The van der Waals surface area contributed by atoms with E-state index in [1.807, 2.05) is 60.7 Å². The Balaban J connectivity index is 2.10. The van der Waals surface area contributed by atoms with Gasteiger partial charge in [0.2, 0.25) is 0 Å². The molecule has 3 rings (SSSR count). The zero-order chi connectivity index (χ0) is 15.4. The Bertz CT molecular complexity index is 780. The van der Waals surface area contributed by atoms with Crippen LogP contribution in [0.1, 0.15) is 18.2 Å². The summed E-state index contributed by atoms with van der Waals surface area (Å²) in [7, 11) is 0. The van der Waals surface area contributed by atoms with E-state index in [0.29, 0.717) is 12.4 Å². The average molecular weight is 292 g/mol. The maximum atomic E-state index is 11.9. The van der Waals surface area contributed by atoms with Gasteiger partial charge in [-0.2, -0.15) is 0 Å². The summed E-state index contributed by atoms with van der Waals surface area (Å²) in [4.78, 5) is 11.9. The van der Waals surface area contributed by atoms with Crippen molar-refractivity contribution in [1.29, 1.82) is 0 Å². The number of carbonyl (C=O) groups is 1. The van der Waals surface area contributed by atoms with Gasteiger partial charge in [-0.05, 0) is 24.6 Å². The number of ether oxygens (including phenoxy) is 1. The van der Waals surface area contributed by atoms with E-state index in [1.54, 1.807) is 6.92 Å². The van der Waals surface area contributed by atoms with Crippen molar-refractivity contribution in [2.45, 2.75) is 6.92 Å². The topological polar surface area (TPSA) is 39.4 Å². The van der Waals surface area contributed by atoms with Crippen molar-refractivity contribution in [3.63, 3.8) is 0 Å². The zero-order valence-electron chi connectivity index (χ0n) is 12.3. The number of rotatable bonds is 4. The first kappa shape index (κ1) is 14.1. The minimum atomic E-state index is -0.373. The van der Waals surface area contributed by atoms with Crippen molar-refractivity contribution in [1.82, 2.24) is 0 Å². The summed E-state index contributed by atoms with van der Waals surface area (Å²) >= 11 is 0. The van der Waals surface area contributed by atoms with E-state index in [1.165, 1.54) is 6.08 Å². The fraction of sp³-hybridized carbons (Fsp3) is 0.105. The van der Waals surface area contributed by atoms with Crippen LogP contribution in [0.3, 0.4) is 0 Å². The van der Waals surface area contributed by atoms with Crippen molar-refractivity contribution >= 4 is 22.5 Å². The molecule has 110 valence electrons. The van der Waals surface area contributed by atoms with Gasteiger partial charge in [-0.3, -0.25) is 0 Å². The molecule has 3 heteroatoms. The van der Waals surface area contributed by atoms with Gasteiger partial charge in [-0.1, -0.05) is 48.5 Å². The van der Waals surface area contributed by atoms with Gasteiger partial charge in [0, 0.05) is 17.0 Å². The number of esters is 1. The molecule has 3 aromatic rings. The first-order valence-electron chi connectivity index (χ1n) is 7.21. The van der Waals surface area contributed by atoms with E-state index in [4.69, 9.17) is 9.15 Å². The van der Waals surface area contributed by atoms with Gasteiger partial charge in [-0.25, -0.2) is 4.79 Å². The molecule has 0 saturated carbocycles. The van der Waals surface area contributed by atoms with Crippen LogP contribution in [0.4, 0.5) is 0 Å². The van der Waals surface area contributed by atoms with Crippen LogP contribution in [0.25, 0.3) is 16.5 Å². The molecule has 0 aliphatic carbocycles. The molecule has 0 aliphatic heterocycles. The smallest absolute Gasteiger partial charge is 0.331 e. The number of furan rings is 1. The Labute approximate surface area is 128 Å². The molecule has 0 atom stereocenters. The monoisotopic (exact) mass is 292 g/mol. The molecule has 0 N–H and O–H groups in total. The van der Waals surface area contributed by atoms with E-state index in [-0.39, 0.29) is 5.97 Å². The molecule has 0 bridgehead atoms. The summed E-state index contributed by atoms with van der Waals surface area (Å²) in [5, 5.41) is 1.00. The Kier molecular flexibility index (Phi) is 4.05. The van der Waals surface area contributed by atoms with Crippen LogP contribution in [0, 0.1) is 0 Å². The Morgan fingerprint density at radius 1 is 1.09 bits per heavy atom. The lowest BCUT2D eigenvalue weighted by atomic mass is 10.0. The fourth-order valence-corrected chi connectivity index (χ4v) is 2.33. The van der Waals surface area contributed by atoms with Crippen LogP contribution in [0.2, 0.25) is 0 Å². The highest BCUT2D eigenvalue weighted by Crippen LogP contribution is 2.29. The van der Waals surface area contributed by atoms with Gasteiger partial charge >= 0.3 is 5.97 Å². The Morgan fingerprint density at radius 2 is 1.82 bits per heavy atom. The highest BCUT2D eigenvalue weighted by molar-refractivity contribution is 5.97. The second-order valence-corrected chi connectivity index (χ2v) is 4.82. The predicted molar refractivity (Wildman–Crippen MR) is 86.4 cm³/mol. The highest BCUT2D eigenvalue weighted by Gasteiger charge is 2.13. The first-order valence-corrected chi connectivity index (χ1v) is 7.21. The van der Waals surface area contributed by atoms with Crippen LogP contribution in [-0.4, -0.2) is 12.6 Å². The van der Waals surface area contributed by atoms with Crippen molar-refractivity contribution in [2.24, 2.45) is 0 Å². The lowest BCUT2D eigenvalue weighted by Crippen LogP contribution is -2.01. The van der Waals surface area contributed by atoms with E-state index >= 15 is 0 Å². The Morgan fingerprint density at radius 3 is 2.55 bits per heavy atom. The zero-order valence-corrected chi connectivity index (χ0v) is 12.3. The third kappa shape index (κ3) is 2.93. The number of fused-ring (bicyclic) bond motifs is 1. The van der Waals surface area contributed by atoms with Gasteiger partial charge in [-0.15, -0.1) is 0 Å². The summed E-state index contributed by atoms with van der Waals surface area (Å²) < 4.78 is 10.9. The number of hydrogen-bond donors (Lipinski definition) is 0. The predicted octanol–water partition coefficient (Wildman–Crippen LogP) is 4.43. The molecule has 0 aliphatic rings. The quantitative estimate of drug-likeness (QED) is 0.527. The SMILES string of the molecule is CCOC(=O)C=C(c1ccccc1)c1cc2ccccc2o1. The van der Waals surface area contributed by atoms with Crippen LogP contribution >= 0.6 is 0 Å². The molecular formula is C19H16O3. The normalized spacial score (nSPS) is 11.6. The summed E-state index contributed by atoms with van der Waals surface area (Å²) in [6, 6.07) is 19.4. The maximum Gasteiger partial charge on any atom is 0.331 e. The number of carbonyl (C=O) groups excluding carboxylic acids is 1. The molecule has 3 nitrogen and oxygen atoms in total. The third-order valence-electron chi connectivity index (χ3n) is 3.32. The van der Waals surface area contributed by atoms with Gasteiger partial charge in [0.15, 0.2) is 0 Å². The van der Waals surface area contributed by atoms with E-state index < -0.39 is 0 Å². The molecule has 0 unspecified atom stereocenters. The minimum Gasteiger partial charge on any atom is -0.463 e. The molecule has 2 aromatic carbocycles. The maximum absolute atomic E-state index is 11.9. The molecule has 22 heavy (non-hydrogen) atoms. The van der Waals surface area contributed by atoms with E-state index in [9.17, 15) is 4.79 Å². The number of para-hydroxylation sites is 1. The third-order valence-corrected chi connectivity index (χ3v) is 3.32. The number of benzene rings is 2. The van der Waals surface area contributed by atoms with Crippen LogP contribution in [-0.2, 0) is 9.53 Å². The lowest BCUT2D eigenvalue weighted by molar-refractivity contribution is -0.137. The summed E-state index contributed by atoms with van der Waals surface area (Å²) in [5.41, 5.74) is 2.42. The molecule has 0 amide bonds. The van der Waals surface area contributed by atoms with Gasteiger partial charge in [0.25, 0.3) is 0 Å². The average Bonchev–Trinajstić information content (AvgIpc) is 2.97. The molecule has 1 heterocycles. The van der Waals surface area contributed by atoms with E-state index in [0.717, 1.165) is 22.1 Å². The minimum absolute atomic E-state index is 0.345. The standard InChI is InChI=1S/C19H16O3/c1-2-21-19(20)13-16(14-8-4-3-5-9-14)18-12-15-10-6-7-11-17(15)22-18/h3-13H,2H2,1H3. The highest BCUT2D eigenvalue weighted by atomic mass is 16.5. The van der Waals surface area contributed by atoms with Crippen molar-refractivity contribution in [2.75, 3.05) is 6.61 Å². The summed E-state index contributed by atoms with van der Waals surface area (Å²) in [5.74, 6) is 0.280. The van der Waals surface area contributed by atoms with Gasteiger partial charge in [0.1, 0.15) is 11.3 Å². The van der Waals surface area contributed by atoms with Crippen molar-refractivity contribution in [3.05, 3.63) is 78.1 Å². The van der Waals surface area contributed by atoms with Crippen LogP contribution in [0.15, 0.2) is 71.2 Å². The molecular weight excluding hydrogens is 276 g/mol. The second kappa shape index (κ2) is 6.31. The van der Waals surface area contributed by atoms with E-state index in [2.05, 4.69) is 0 Å².